The predicted molar refractivity (Wildman–Crippen MR) is 107 cm³/mol. The van der Waals surface area contributed by atoms with Gasteiger partial charge in [-0.3, -0.25) is 14.6 Å². The topological polar surface area (TPSA) is 120 Å². The summed E-state index contributed by atoms with van der Waals surface area (Å²) in [7, 11) is 0. The maximum atomic E-state index is 12.3. The summed E-state index contributed by atoms with van der Waals surface area (Å²) in [5.41, 5.74) is 2.66. The minimum absolute atomic E-state index is 0.0133. The van der Waals surface area contributed by atoms with Crippen molar-refractivity contribution in [2.45, 2.75) is 32.0 Å². The first kappa shape index (κ1) is 19.8. The lowest BCUT2D eigenvalue weighted by Crippen LogP contribution is -2.61. The Morgan fingerprint density at radius 3 is 2.47 bits per heavy atom. The summed E-state index contributed by atoms with van der Waals surface area (Å²) in [5, 5.41) is 22.3. The van der Waals surface area contributed by atoms with Gasteiger partial charge < -0.3 is 20.4 Å². The van der Waals surface area contributed by atoms with Gasteiger partial charge in [-0.25, -0.2) is 4.79 Å². The summed E-state index contributed by atoms with van der Waals surface area (Å²) in [5.74, 6) is -2.28. The lowest BCUT2D eigenvalue weighted by Gasteiger charge is -2.44. The molecule has 2 aliphatic heterocycles. The maximum Gasteiger partial charge on any atom is 0.352 e. The van der Waals surface area contributed by atoms with Gasteiger partial charge in [0, 0.05) is 24.5 Å². The van der Waals surface area contributed by atoms with Gasteiger partial charge in [-0.05, 0) is 42.2 Å². The second-order valence-electron chi connectivity index (χ2n) is 7.49. The number of rotatable bonds is 6. The number of fused-ring (bicyclic) bond motifs is 1. The van der Waals surface area contributed by atoms with Crippen LogP contribution in [-0.4, -0.2) is 50.0 Å². The number of aromatic nitrogens is 1. The van der Waals surface area contributed by atoms with E-state index in [1.54, 1.807) is 43.6 Å². The monoisotopic (exact) mass is 407 g/mol. The molecule has 8 nitrogen and oxygen atoms in total. The molecule has 1 saturated heterocycles. The van der Waals surface area contributed by atoms with Crippen molar-refractivity contribution in [1.82, 2.24) is 15.2 Å². The average Bonchev–Trinajstić information content (AvgIpc) is 3.08. The fraction of sp³-hybridized carbons (Fsp3) is 0.273. The van der Waals surface area contributed by atoms with E-state index < -0.39 is 18.0 Å². The van der Waals surface area contributed by atoms with Crippen LogP contribution < -0.4 is 5.32 Å². The molecule has 3 heterocycles. The number of β-lactam (4-membered cyclic amide) rings is 1. The summed E-state index contributed by atoms with van der Waals surface area (Å²) >= 11 is 0. The molecule has 1 aromatic heterocycles. The Morgan fingerprint density at radius 1 is 1.20 bits per heavy atom. The van der Waals surface area contributed by atoms with Gasteiger partial charge in [0.1, 0.15) is 5.70 Å². The average molecular weight is 407 g/mol. The number of pyridine rings is 1. The van der Waals surface area contributed by atoms with E-state index in [1.165, 1.54) is 4.90 Å². The summed E-state index contributed by atoms with van der Waals surface area (Å²) in [6, 6.07) is 10.2. The standard InChI is InChI=1S/C22H21N3O5/c1-12(26)18-17-10-16(19(22(29)30)25(17)21(18)28)14-4-2-13(3-5-14)11-24-20(27)15-6-8-23-9-7-15/h2-9,12,17-18,26H,10-11H2,1H3,(H,24,27)(H,29,30)/t12-,17-,18-/m1/s1. The number of benzene rings is 1. The quantitative estimate of drug-likeness (QED) is 0.623. The second kappa shape index (κ2) is 7.72. The zero-order valence-electron chi connectivity index (χ0n) is 16.3. The molecule has 0 unspecified atom stereocenters. The molecular formula is C22H21N3O5. The van der Waals surface area contributed by atoms with E-state index in [0.29, 0.717) is 29.7 Å². The molecule has 0 aliphatic carbocycles. The Balaban J connectivity index is 1.49. The molecular weight excluding hydrogens is 386 g/mol. The van der Waals surface area contributed by atoms with Crippen molar-refractivity contribution in [3.05, 3.63) is 71.2 Å². The van der Waals surface area contributed by atoms with Crippen LogP contribution in [0.15, 0.2) is 54.5 Å². The van der Waals surface area contributed by atoms with Crippen molar-refractivity contribution in [1.29, 1.82) is 0 Å². The highest BCUT2D eigenvalue weighted by Crippen LogP contribution is 2.46. The molecule has 2 amide bonds. The summed E-state index contributed by atoms with van der Waals surface area (Å²) in [6.45, 7) is 1.87. The van der Waals surface area contributed by atoms with Crippen LogP contribution >= 0.6 is 0 Å². The van der Waals surface area contributed by atoms with Crippen LogP contribution in [0.2, 0.25) is 0 Å². The third kappa shape index (κ3) is 3.35. The number of aliphatic hydroxyl groups is 1. The summed E-state index contributed by atoms with van der Waals surface area (Å²) in [6.07, 6.45) is 2.67. The summed E-state index contributed by atoms with van der Waals surface area (Å²) in [4.78, 5) is 41.4. The molecule has 0 saturated carbocycles. The third-order valence-corrected chi connectivity index (χ3v) is 5.63. The lowest BCUT2D eigenvalue weighted by molar-refractivity contribution is -0.161. The molecule has 1 aromatic carbocycles. The molecule has 2 aromatic rings. The van der Waals surface area contributed by atoms with Crippen LogP contribution in [0.4, 0.5) is 0 Å². The molecule has 3 N–H and O–H groups in total. The predicted octanol–water partition coefficient (Wildman–Crippen LogP) is 1.42. The number of carbonyl (C=O) groups excluding carboxylic acids is 2. The Kier molecular flexibility index (Phi) is 5.09. The van der Waals surface area contributed by atoms with Crippen molar-refractivity contribution >= 4 is 23.4 Å². The Morgan fingerprint density at radius 2 is 1.87 bits per heavy atom. The van der Waals surface area contributed by atoms with E-state index in [2.05, 4.69) is 10.3 Å². The molecule has 30 heavy (non-hydrogen) atoms. The van der Waals surface area contributed by atoms with Crippen LogP contribution in [-0.2, 0) is 16.1 Å². The molecule has 0 radical (unpaired) electrons. The van der Waals surface area contributed by atoms with E-state index in [1.807, 2.05) is 12.1 Å². The van der Waals surface area contributed by atoms with Crippen molar-refractivity contribution in [3.8, 4) is 0 Å². The molecule has 0 bridgehead atoms. The maximum absolute atomic E-state index is 12.3. The second-order valence-corrected chi connectivity index (χ2v) is 7.49. The van der Waals surface area contributed by atoms with E-state index in [0.717, 1.165) is 5.56 Å². The van der Waals surface area contributed by atoms with Crippen molar-refractivity contribution in [3.63, 3.8) is 0 Å². The highest BCUT2D eigenvalue weighted by atomic mass is 16.4. The van der Waals surface area contributed by atoms with E-state index in [4.69, 9.17) is 0 Å². The first-order chi connectivity index (χ1) is 14.4. The highest BCUT2D eigenvalue weighted by molar-refractivity contribution is 6.06. The van der Waals surface area contributed by atoms with Crippen LogP contribution in [0.1, 0.15) is 34.8 Å². The van der Waals surface area contributed by atoms with Gasteiger partial charge in [0.15, 0.2) is 0 Å². The first-order valence-electron chi connectivity index (χ1n) is 9.63. The Hall–Kier alpha value is -3.52. The van der Waals surface area contributed by atoms with Gasteiger partial charge in [-0.2, -0.15) is 0 Å². The van der Waals surface area contributed by atoms with E-state index in [9.17, 15) is 24.6 Å². The number of amides is 2. The zero-order chi connectivity index (χ0) is 21.4. The number of aliphatic hydroxyl groups excluding tert-OH is 1. The number of carboxylic acid groups (broad SMARTS) is 1. The molecule has 8 heteroatoms. The molecule has 4 rings (SSSR count). The van der Waals surface area contributed by atoms with Crippen LogP contribution in [0.5, 0.6) is 0 Å². The third-order valence-electron chi connectivity index (χ3n) is 5.63. The van der Waals surface area contributed by atoms with Crippen LogP contribution in [0.25, 0.3) is 5.57 Å². The number of aliphatic carboxylic acids is 1. The van der Waals surface area contributed by atoms with Gasteiger partial charge >= 0.3 is 5.97 Å². The molecule has 2 aliphatic rings. The van der Waals surface area contributed by atoms with Gasteiger partial charge in [-0.15, -0.1) is 0 Å². The minimum Gasteiger partial charge on any atom is -0.477 e. The van der Waals surface area contributed by atoms with Gasteiger partial charge in [-0.1, -0.05) is 24.3 Å². The molecule has 1 fully saturated rings. The number of hydrogen-bond acceptors (Lipinski definition) is 5. The van der Waals surface area contributed by atoms with Gasteiger partial charge in [0.05, 0.1) is 18.1 Å². The van der Waals surface area contributed by atoms with Crippen molar-refractivity contribution in [2.75, 3.05) is 0 Å². The van der Waals surface area contributed by atoms with Crippen LogP contribution in [0.3, 0.4) is 0 Å². The SMILES string of the molecule is C[C@@H](O)[C@H]1C(=O)N2C(C(=O)O)=C(c3ccc(CNC(=O)c4ccncc4)cc3)C[C@H]12. The normalized spacial score (nSPS) is 21.1. The molecule has 3 atom stereocenters. The number of hydrogen-bond donors (Lipinski definition) is 3. The minimum atomic E-state index is -1.15. The van der Waals surface area contributed by atoms with Gasteiger partial charge in [0.25, 0.3) is 5.91 Å². The molecule has 154 valence electrons. The van der Waals surface area contributed by atoms with Gasteiger partial charge in [0.2, 0.25) is 5.91 Å². The molecule has 0 spiro atoms. The highest BCUT2D eigenvalue weighted by Gasteiger charge is 2.56. The smallest absolute Gasteiger partial charge is 0.352 e. The van der Waals surface area contributed by atoms with Crippen molar-refractivity contribution < 1.29 is 24.6 Å². The Bertz CT molecular complexity index is 1030. The largest absolute Gasteiger partial charge is 0.477 e. The van der Waals surface area contributed by atoms with Crippen LogP contribution in [0, 0.1) is 5.92 Å². The Labute approximate surface area is 172 Å². The van der Waals surface area contributed by atoms with E-state index >= 15 is 0 Å². The number of nitrogens with one attached hydrogen (secondary N) is 1. The zero-order valence-corrected chi connectivity index (χ0v) is 16.3. The first-order valence-corrected chi connectivity index (χ1v) is 9.63. The van der Waals surface area contributed by atoms with E-state index in [-0.39, 0.29) is 23.6 Å². The lowest BCUT2D eigenvalue weighted by atomic mass is 9.82. The fourth-order valence-electron chi connectivity index (χ4n) is 4.14. The number of carboxylic acids is 1. The summed E-state index contributed by atoms with van der Waals surface area (Å²) < 4.78 is 0. The fourth-order valence-corrected chi connectivity index (χ4v) is 4.14. The number of nitrogens with zero attached hydrogens (tertiary/aromatic N) is 2. The van der Waals surface area contributed by atoms with Crippen molar-refractivity contribution in [2.24, 2.45) is 5.92 Å². The number of carbonyl (C=O) groups is 3.